The molecule has 0 aromatic carbocycles. The van der Waals surface area contributed by atoms with Crippen LogP contribution in [0.15, 0.2) is 0 Å². The van der Waals surface area contributed by atoms with Crippen molar-refractivity contribution in [2.75, 3.05) is 27.2 Å². The van der Waals surface area contributed by atoms with E-state index in [1.165, 1.54) is 94.6 Å². The Balaban J connectivity index is 3.25. The molecule has 0 rings (SSSR count). The Morgan fingerprint density at radius 2 is 1.00 bits per heavy atom. The number of unbranched alkanes of at least 4 members (excludes halogenated alkanes) is 11. The van der Waals surface area contributed by atoms with Crippen LogP contribution in [0.4, 0.5) is 0 Å². The number of rotatable bonds is 15. The maximum atomic E-state index is 3.93. The molecule has 0 atom stereocenters. The Morgan fingerprint density at radius 1 is 0.600 bits per heavy atom. The third-order valence-electron chi connectivity index (χ3n) is 4.38. The molecule has 1 nitrogen and oxygen atoms in total. The Labute approximate surface area is 129 Å². The Hall–Kier alpha value is -0.0400. The van der Waals surface area contributed by atoms with Crippen molar-refractivity contribution in [3.05, 3.63) is 6.92 Å². The highest BCUT2D eigenvalue weighted by atomic mass is 15.3. The first-order valence-electron chi connectivity index (χ1n) is 9.23. The van der Waals surface area contributed by atoms with Crippen molar-refractivity contribution in [2.45, 2.75) is 90.4 Å². The van der Waals surface area contributed by atoms with E-state index in [1.54, 1.807) is 0 Å². The average molecular weight is 284 g/mol. The van der Waals surface area contributed by atoms with Gasteiger partial charge < -0.3 is 4.48 Å². The summed E-state index contributed by atoms with van der Waals surface area (Å²) in [4.78, 5) is 0. The molecule has 0 heterocycles. The van der Waals surface area contributed by atoms with Crippen LogP contribution < -0.4 is 0 Å². The predicted molar refractivity (Wildman–Crippen MR) is 92.9 cm³/mol. The second-order valence-corrected chi connectivity index (χ2v) is 7.13. The van der Waals surface area contributed by atoms with Gasteiger partial charge in [-0.25, -0.2) is 0 Å². The van der Waals surface area contributed by atoms with Crippen LogP contribution >= 0.6 is 0 Å². The predicted octanol–water partition coefficient (Wildman–Crippen LogP) is 5.99. The van der Waals surface area contributed by atoms with Gasteiger partial charge in [-0.15, -0.1) is 0 Å². The van der Waals surface area contributed by atoms with E-state index in [1.807, 2.05) is 0 Å². The highest BCUT2D eigenvalue weighted by molar-refractivity contribution is 4.48. The first-order chi connectivity index (χ1) is 9.62. The van der Waals surface area contributed by atoms with Crippen molar-refractivity contribution in [3.63, 3.8) is 0 Å². The van der Waals surface area contributed by atoms with E-state index >= 15 is 0 Å². The number of hydrogen-bond acceptors (Lipinski definition) is 0. The summed E-state index contributed by atoms with van der Waals surface area (Å²) in [6.45, 7) is 8.90. The highest BCUT2D eigenvalue weighted by Gasteiger charge is 2.13. The number of quaternary nitrogens is 1. The Morgan fingerprint density at radius 3 is 1.45 bits per heavy atom. The fraction of sp³-hybridized carbons (Fsp3) is 0.947. The van der Waals surface area contributed by atoms with Crippen LogP contribution in [-0.4, -0.2) is 31.7 Å². The first-order valence-corrected chi connectivity index (χ1v) is 9.23. The van der Waals surface area contributed by atoms with Crippen molar-refractivity contribution in [2.24, 2.45) is 0 Å². The minimum absolute atomic E-state index is 1.10. The van der Waals surface area contributed by atoms with Gasteiger partial charge in [0, 0.05) is 0 Å². The molecule has 0 unspecified atom stereocenters. The second-order valence-electron chi connectivity index (χ2n) is 7.13. The van der Waals surface area contributed by atoms with Gasteiger partial charge in [-0.2, -0.15) is 0 Å². The summed E-state index contributed by atoms with van der Waals surface area (Å²) < 4.78 is 1.21. The zero-order valence-electron chi connectivity index (χ0n) is 14.8. The molecule has 0 aliphatic heterocycles. The lowest BCUT2D eigenvalue weighted by atomic mass is 10.1. The highest BCUT2D eigenvalue weighted by Crippen LogP contribution is 2.12. The van der Waals surface area contributed by atoms with E-state index in [9.17, 15) is 0 Å². The Bertz CT molecular complexity index is 186. The van der Waals surface area contributed by atoms with E-state index in [0.717, 1.165) is 6.42 Å². The summed E-state index contributed by atoms with van der Waals surface area (Å²) in [5.41, 5.74) is 0. The van der Waals surface area contributed by atoms with Gasteiger partial charge in [0.15, 0.2) is 0 Å². The van der Waals surface area contributed by atoms with Gasteiger partial charge >= 0.3 is 0 Å². The van der Waals surface area contributed by atoms with Gasteiger partial charge in [-0.05, 0) is 25.7 Å². The largest absolute Gasteiger partial charge is 0.328 e. The molecule has 0 fully saturated rings. The zero-order chi connectivity index (χ0) is 15.1. The summed E-state index contributed by atoms with van der Waals surface area (Å²) >= 11 is 0. The Kier molecular flexibility index (Phi) is 13.9. The molecule has 1 heteroatoms. The van der Waals surface area contributed by atoms with E-state index in [0.29, 0.717) is 0 Å². The quantitative estimate of drug-likeness (QED) is 0.256. The molecule has 0 saturated carbocycles. The van der Waals surface area contributed by atoms with E-state index < -0.39 is 0 Å². The molecule has 0 aliphatic carbocycles. The van der Waals surface area contributed by atoms with Gasteiger partial charge in [-0.1, -0.05) is 71.6 Å². The van der Waals surface area contributed by atoms with Crippen LogP contribution in [0.2, 0.25) is 0 Å². The van der Waals surface area contributed by atoms with Crippen molar-refractivity contribution in [3.8, 4) is 0 Å². The average Bonchev–Trinajstić information content (AvgIpc) is 2.41. The van der Waals surface area contributed by atoms with Crippen LogP contribution in [0.1, 0.15) is 90.4 Å². The maximum absolute atomic E-state index is 3.93. The van der Waals surface area contributed by atoms with Crippen LogP contribution in [0.3, 0.4) is 0 Å². The fourth-order valence-electron chi connectivity index (χ4n) is 2.86. The number of nitrogens with zero attached hydrogens (tertiary/aromatic N) is 1. The molecule has 0 saturated heterocycles. The molecule has 121 valence electrons. The molecule has 0 N–H and O–H groups in total. The zero-order valence-corrected chi connectivity index (χ0v) is 14.8. The van der Waals surface area contributed by atoms with Crippen molar-refractivity contribution in [1.29, 1.82) is 0 Å². The minimum Gasteiger partial charge on any atom is -0.328 e. The molecule has 0 bridgehead atoms. The van der Waals surface area contributed by atoms with Gasteiger partial charge in [0.2, 0.25) is 0 Å². The minimum atomic E-state index is 1.10. The summed E-state index contributed by atoms with van der Waals surface area (Å²) in [5, 5.41) is 0. The third-order valence-corrected chi connectivity index (χ3v) is 4.38. The third kappa shape index (κ3) is 14.4. The first kappa shape index (κ1) is 20.0. The lowest BCUT2D eigenvalue weighted by molar-refractivity contribution is -0.890. The van der Waals surface area contributed by atoms with Crippen molar-refractivity contribution >= 4 is 0 Å². The summed E-state index contributed by atoms with van der Waals surface area (Å²) in [5.74, 6) is 0. The van der Waals surface area contributed by atoms with Crippen molar-refractivity contribution in [1.82, 2.24) is 0 Å². The van der Waals surface area contributed by atoms with Crippen molar-refractivity contribution < 1.29 is 4.48 Å². The summed E-state index contributed by atoms with van der Waals surface area (Å²) in [6.07, 6.45) is 18.1. The molecule has 0 aromatic heterocycles. The van der Waals surface area contributed by atoms with Gasteiger partial charge in [-0.3, -0.25) is 0 Å². The van der Waals surface area contributed by atoms with Crippen LogP contribution in [0, 0.1) is 6.92 Å². The molecule has 20 heavy (non-hydrogen) atoms. The summed E-state index contributed by atoms with van der Waals surface area (Å²) in [7, 11) is 4.77. The second kappa shape index (κ2) is 13.9. The van der Waals surface area contributed by atoms with E-state index in [-0.39, 0.29) is 0 Å². The molecule has 0 amide bonds. The van der Waals surface area contributed by atoms with Gasteiger partial charge in [0.25, 0.3) is 0 Å². The maximum Gasteiger partial charge on any atom is 0.0782 e. The standard InChI is InChI=1S/C19H41N/c1-5-7-9-10-11-12-13-14-15-17-19-20(3,4)18-16-8-6-2/h2,5-19H2,1,3-4H3/q+1. The monoisotopic (exact) mass is 283 g/mol. The van der Waals surface area contributed by atoms with Gasteiger partial charge in [0.1, 0.15) is 0 Å². The smallest absolute Gasteiger partial charge is 0.0782 e. The fourth-order valence-corrected chi connectivity index (χ4v) is 2.86. The molecule has 0 aromatic rings. The summed E-state index contributed by atoms with van der Waals surface area (Å²) in [6, 6.07) is 0. The lowest BCUT2D eigenvalue weighted by Gasteiger charge is -2.29. The van der Waals surface area contributed by atoms with E-state index in [4.69, 9.17) is 0 Å². The normalized spacial score (nSPS) is 12.0. The topological polar surface area (TPSA) is 0 Å². The van der Waals surface area contributed by atoms with Gasteiger partial charge in [0.05, 0.1) is 27.2 Å². The number of hydrogen-bond donors (Lipinski definition) is 0. The molecule has 1 radical (unpaired) electrons. The molecule has 0 aliphatic rings. The lowest BCUT2D eigenvalue weighted by Crippen LogP contribution is -2.41. The SMILES string of the molecule is [CH2]CCCC[N+](C)(C)CCCCCCCCCCCC. The molecular formula is C19H41N+. The molecule has 0 spiro atoms. The van der Waals surface area contributed by atoms with Crippen LogP contribution in [0.25, 0.3) is 0 Å². The van der Waals surface area contributed by atoms with Crippen LogP contribution in [-0.2, 0) is 0 Å². The van der Waals surface area contributed by atoms with Crippen LogP contribution in [0.5, 0.6) is 0 Å². The molecular weight excluding hydrogens is 242 g/mol. The van der Waals surface area contributed by atoms with E-state index in [2.05, 4.69) is 27.9 Å².